The number of nitrogens with zero attached hydrogens (tertiary/aromatic N) is 4. The van der Waals surface area contributed by atoms with E-state index in [9.17, 15) is 9.18 Å². The maximum atomic E-state index is 13.8. The van der Waals surface area contributed by atoms with E-state index in [1.807, 2.05) is 28.8 Å². The Bertz CT molecular complexity index is 1100. The number of carbonyl (C=O) groups excluding carboxylic acids is 1. The monoisotopic (exact) mass is 379 g/mol. The molecule has 4 rings (SSSR count). The number of benzene rings is 1. The molecule has 3 heterocycles. The van der Waals surface area contributed by atoms with Gasteiger partial charge in [-0.3, -0.25) is 9.20 Å². The van der Waals surface area contributed by atoms with Gasteiger partial charge in [0.05, 0.1) is 11.8 Å². The number of carbonyl (C=O) groups is 1. The summed E-state index contributed by atoms with van der Waals surface area (Å²) in [6.45, 7) is 0.459. The summed E-state index contributed by atoms with van der Waals surface area (Å²) in [7, 11) is 0. The Morgan fingerprint density at radius 3 is 2.86 bits per heavy atom. The van der Waals surface area contributed by atoms with Crippen LogP contribution in [0, 0.1) is 5.82 Å². The number of rotatable bonds is 7. The highest BCUT2D eigenvalue weighted by Crippen LogP contribution is 2.23. The van der Waals surface area contributed by atoms with E-state index in [4.69, 9.17) is 4.42 Å². The zero-order chi connectivity index (χ0) is 19.3. The molecule has 0 atom stereocenters. The van der Waals surface area contributed by atoms with Crippen LogP contribution in [0.2, 0.25) is 0 Å². The van der Waals surface area contributed by atoms with Crippen molar-refractivity contribution in [1.29, 1.82) is 0 Å². The van der Waals surface area contributed by atoms with E-state index in [2.05, 4.69) is 20.5 Å². The lowest BCUT2D eigenvalue weighted by molar-refractivity contribution is -0.121. The van der Waals surface area contributed by atoms with Crippen molar-refractivity contribution >= 4 is 11.6 Å². The van der Waals surface area contributed by atoms with Crippen molar-refractivity contribution in [3.8, 4) is 11.3 Å². The van der Waals surface area contributed by atoms with Crippen LogP contribution in [0.25, 0.3) is 17.0 Å². The van der Waals surface area contributed by atoms with Crippen LogP contribution in [0.1, 0.15) is 18.1 Å². The lowest BCUT2D eigenvalue weighted by Gasteiger charge is -2.03. The van der Waals surface area contributed by atoms with E-state index in [-0.39, 0.29) is 18.1 Å². The number of hydrogen-bond donors (Lipinski definition) is 1. The molecular weight excluding hydrogens is 361 g/mol. The van der Waals surface area contributed by atoms with Crippen molar-refractivity contribution in [2.45, 2.75) is 19.3 Å². The number of nitrogens with one attached hydrogen (secondary N) is 1. The number of aromatic nitrogens is 4. The third kappa shape index (κ3) is 3.90. The van der Waals surface area contributed by atoms with E-state index in [1.165, 1.54) is 12.3 Å². The molecule has 0 unspecified atom stereocenters. The Morgan fingerprint density at radius 2 is 1.96 bits per heavy atom. The van der Waals surface area contributed by atoms with Crippen molar-refractivity contribution in [3.05, 3.63) is 72.4 Å². The molecule has 8 heteroatoms. The summed E-state index contributed by atoms with van der Waals surface area (Å²) in [6.07, 6.45) is 4.52. The van der Waals surface area contributed by atoms with Gasteiger partial charge in [-0.05, 0) is 24.3 Å². The number of pyridine rings is 1. The van der Waals surface area contributed by atoms with Crippen molar-refractivity contribution in [2.24, 2.45) is 0 Å². The second kappa shape index (κ2) is 7.99. The summed E-state index contributed by atoms with van der Waals surface area (Å²) in [5.74, 6) is 1.06. The molecule has 0 fully saturated rings. The minimum absolute atomic E-state index is 0.112. The van der Waals surface area contributed by atoms with Crippen molar-refractivity contribution in [3.63, 3.8) is 0 Å². The Kier molecular flexibility index (Phi) is 5.09. The van der Waals surface area contributed by atoms with Crippen LogP contribution in [0.15, 0.2) is 59.3 Å². The first-order valence-corrected chi connectivity index (χ1v) is 8.95. The van der Waals surface area contributed by atoms with Gasteiger partial charge in [-0.15, -0.1) is 10.2 Å². The molecule has 142 valence electrons. The van der Waals surface area contributed by atoms with Crippen molar-refractivity contribution < 1.29 is 13.6 Å². The van der Waals surface area contributed by atoms with Crippen LogP contribution >= 0.6 is 0 Å². The first-order chi connectivity index (χ1) is 13.7. The topological polar surface area (TPSA) is 85.3 Å². The third-order valence-electron chi connectivity index (χ3n) is 4.31. The van der Waals surface area contributed by atoms with Gasteiger partial charge in [0.25, 0.3) is 0 Å². The molecule has 1 N–H and O–H groups in total. The van der Waals surface area contributed by atoms with Gasteiger partial charge in [0.1, 0.15) is 11.6 Å². The fourth-order valence-electron chi connectivity index (χ4n) is 2.90. The molecule has 1 amide bonds. The average Bonchev–Trinajstić information content (AvgIpc) is 3.34. The van der Waals surface area contributed by atoms with Crippen LogP contribution in [-0.2, 0) is 17.6 Å². The number of hydrogen-bond acceptors (Lipinski definition) is 5. The predicted molar refractivity (Wildman–Crippen MR) is 99.9 cm³/mol. The van der Waals surface area contributed by atoms with Gasteiger partial charge in [0.15, 0.2) is 17.3 Å². The lowest BCUT2D eigenvalue weighted by Crippen LogP contribution is -2.26. The quantitative estimate of drug-likeness (QED) is 0.534. The number of halogens is 1. The average molecular weight is 379 g/mol. The molecule has 0 saturated heterocycles. The molecule has 0 aliphatic heterocycles. The summed E-state index contributed by atoms with van der Waals surface area (Å²) in [5, 5.41) is 11.1. The smallest absolute Gasteiger partial charge is 0.220 e. The second-order valence-electron chi connectivity index (χ2n) is 6.24. The Balaban J connectivity index is 1.26. The fourth-order valence-corrected chi connectivity index (χ4v) is 2.90. The number of aryl methyl sites for hydroxylation is 1. The predicted octanol–water partition coefficient (Wildman–Crippen LogP) is 2.81. The number of oxazole rings is 1. The van der Waals surface area contributed by atoms with Crippen LogP contribution in [0.5, 0.6) is 0 Å². The molecule has 4 aromatic rings. The SMILES string of the molecule is O=C(CCc1ncc(-c2ccccc2F)o1)NCCc1nnc2ccccn12. The van der Waals surface area contributed by atoms with Crippen molar-refractivity contribution in [1.82, 2.24) is 24.9 Å². The highest BCUT2D eigenvalue weighted by molar-refractivity contribution is 5.76. The maximum Gasteiger partial charge on any atom is 0.220 e. The highest BCUT2D eigenvalue weighted by atomic mass is 19.1. The number of fused-ring (bicyclic) bond motifs is 1. The first kappa shape index (κ1) is 17.8. The zero-order valence-electron chi connectivity index (χ0n) is 15.0. The van der Waals surface area contributed by atoms with Gasteiger partial charge in [0, 0.05) is 32.0 Å². The molecule has 0 aliphatic rings. The summed E-state index contributed by atoms with van der Waals surface area (Å²) >= 11 is 0. The molecule has 7 nitrogen and oxygen atoms in total. The molecule has 0 aliphatic carbocycles. The van der Waals surface area contributed by atoms with Gasteiger partial charge in [-0.1, -0.05) is 18.2 Å². The summed E-state index contributed by atoms with van der Waals surface area (Å²) in [4.78, 5) is 16.2. The third-order valence-corrected chi connectivity index (χ3v) is 4.31. The Hall–Kier alpha value is -3.55. The standard InChI is InChI=1S/C20H18FN5O2/c21-15-6-2-1-5-14(15)16-13-23-20(28-16)9-8-19(27)22-11-10-18-25-24-17-7-3-4-12-26(17)18/h1-7,12-13H,8-11H2,(H,22,27). The fraction of sp³-hybridized carbons (Fsp3) is 0.200. The lowest BCUT2D eigenvalue weighted by atomic mass is 10.2. The molecule has 3 aromatic heterocycles. The summed E-state index contributed by atoms with van der Waals surface area (Å²) in [5.41, 5.74) is 1.13. The number of amides is 1. The molecular formula is C20H18FN5O2. The largest absolute Gasteiger partial charge is 0.441 e. The van der Waals surface area contributed by atoms with Gasteiger partial charge in [0.2, 0.25) is 5.91 Å². The van der Waals surface area contributed by atoms with Crippen LogP contribution in [-0.4, -0.2) is 32.0 Å². The van der Waals surface area contributed by atoms with E-state index in [0.29, 0.717) is 36.6 Å². The molecule has 0 radical (unpaired) electrons. The normalized spacial score (nSPS) is 11.0. The molecule has 0 bridgehead atoms. The van der Waals surface area contributed by atoms with E-state index in [1.54, 1.807) is 18.2 Å². The Morgan fingerprint density at radius 1 is 1.11 bits per heavy atom. The highest BCUT2D eigenvalue weighted by Gasteiger charge is 2.12. The van der Waals surface area contributed by atoms with Gasteiger partial charge >= 0.3 is 0 Å². The molecule has 0 saturated carbocycles. The minimum atomic E-state index is -0.371. The van der Waals surface area contributed by atoms with Crippen LogP contribution < -0.4 is 5.32 Å². The van der Waals surface area contributed by atoms with Crippen molar-refractivity contribution in [2.75, 3.05) is 6.54 Å². The zero-order valence-corrected chi connectivity index (χ0v) is 15.0. The second-order valence-corrected chi connectivity index (χ2v) is 6.24. The Labute approximate surface area is 160 Å². The summed E-state index contributed by atoms with van der Waals surface area (Å²) in [6, 6.07) is 12.0. The minimum Gasteiger partial charge on any atom is -0.441 e. The van der Waals surface area contributed by atoms with Crippen LogP contribution in [0.3, 0.4) is 0 Å². The van der Waals surface area contributed by atoms with E-state index < -0.39 is 0 Å². The van der Waals surface area contributed by atoms with E-state index in [0.717, 1.165) is 11.5 Å². The van der Waals surface area contributed by atoms with Gasteiger partial charge < -0.3 is 9.73 Å². The van der Waals surface area contributed by atoms with Gasteiger partial charge in [-0.2, -0.15) is 0 Å². The molecule has 28 heavy (non-hydrogen) atoms. The maximum absolute atomic E-state index is 13.8. The molecule has 1 aromatic carbocycles. The van der Waals surface area contributed by atoms with Crippen LogP contribution in [0.4, 0.5) is 4.39 Å². The first-order valence-electron chi connectivity index (χ1n) is 8.95. The van der Waals surface area contributed by atoms with E-state index >= 15 is 0 Å². The van der Waals surface area contributed by atoms with Gasteiger partial charge in [-0.25, -0.2) is 9.37 Å². The summed E-state index contributed by atoms with van der Waals surface area (Å²) < 4.78 is 21.2. The molecule has 0 spiro atoms.